The largest absolute Gasteiger partial charge is 2.00 e. The molecule has 170 valence electrons. The molecule has 12 N–H and O–H groups in total. The van der Waals surface area contributed by atoms with E-state index in [-0.39, 0.29) is 22.5 Å². The fourth-order valence-corrected chi connectivity index (χ4v) is 1.32. The van der Waals surface area contributed by atoms with Gasteiger partial charge in [-0.1, -0.05) is 0 Å². The molecule has 0 saturated carbocycles. The zero-order valence-corrected chi connectivity index (χ0v) is 15.1. The maximum Gasteiger partial charge on any atom is 2.00 e. The quantitative estimate of drug-likeness (QED) is 0.134. The Balaban J connectivity index is -0.000000192. The number of aliphatic hydroxyl groups is 10. The zero-order chi connectivity index (χ0) is 21.2. The third kappa shape index (κ3) is 11.8. The fourth-order valence-electron chi connectivity index (χ4n) is 1.32. The Hall–Kier alpha value is -0.981. The molecule has 0 fully saturated rings. The average molecular weight is 464 g/mol. The van der Waals surface area contributed by atoms with Crippen LogP contribution in [0.15, 0.2) is 0 Å². The Bertz CT molecular complexity index is 386. The molecule has 0 rings (SSSR count). The van der Waals surface area contributed by atoms with E-state index in [1.165, 1.54) is 0 Å². The first-order valence-electron chi connectivity index (χ1n) is 6.91. The van der Waals surface area contributed by atoms with Gasteiger partial charge in [-0.25, -0.2) is 0 Å². The van der Waals surface area contributed by atoms with E-state index in [0.717, 1.165) is 0 Å². The van der Waals surface area contributed by atoms with Gasteiger partial charge in [-0.15, -0.1) is 0 Å². The van der Waals surface area contributed by atoms with E-state index in [1.54, 1.807) is 0 Å². The second-order valence-electron chi connectivity index (χ2n) is 4.99. The van der Waals surface area contributed by atoms with Gasteiger partial charge >= 0.3 is 17.1 Å². The summed E-state index contributed by atoms with van der Waals surface area (Å²) in [6.07, 6.45) is -16.2. The fraction of sp³-hybridized carbons (Fsp3) is 0.833. The summed E-state index contributed by atoms with van der Waals surface area (Å²) in [7, 11) is 0. The number of carbonyl (C=O) groups excluding carboxylic acids is 2. The van der Waals surface area contributed by atoms with Crippen LogP contribution in [0.4, 0.5) is 0 Å². The van der Waals surface area contributed by atoms with Crippen molar-refractivity contribution in [2.75, 3.05) is 13.2 Å². The van der Waals surface area contributed by atoms with Gasteiger partial charge in [-0.05, 0) is 0 Å². The van der Waals surface area contributed by atoms with Crippen LogP contribution in [0.3, 0.4) is 0 Å². The van der Waals surface area contributed by atoms with Gasteiger partial charge in [0.05, 0.1) is 25.2 Å². The first-order valence-corrected chi connectivity index (χ1v) is 6.91. The minimum absolute atomic E-state index is 0. The molecule has 0 aliphatic rings. The van der Waals surface area contributed by atoms with Gasteiger partial charge in [-0.2, -0.15) is 0 Å². The summed E-state index contributed by atoms with van der Waals surface area (Å²) < 4.78 is 0. The van der Waals surface area contributed by atoms with E-state index >= 15 is 0 Å². The third-order valence-electron chi connectivity index (χ3n) is 2.99. The topological polar surface area (TPSA) is 314 Å². The number of aliphatic carboxylic acids is 2. The van der Waals surface area contributed by atoms with Gasteiger partial charge in [0.2, 0.25) is 0 Å². The first kappa shape index (κ1) is 34.5. The van der Waals surface area contributed by atoms with Gasteiger partial charge < -0.3 is 76.3 Å². The van der Waals surface area contributed by atoms with Crippen LogP contribution in [0.25, 0.3) is 0 Å². The summed E-state index contributed by atoms with van der Waals surface area (Å²) >= 11 is 0. The minimum Gasteiger partial charge on any atom is -0.547 e. The molecular formula is C12H24FeO15. The Morgan fingerprint density at radius 3 is 0.964 bits per heavy atom. The van der Waals surface area contributed by atoms with Crippen molar-refractivity contribution in [3.8, 4) is 0 Å². The maximum absolute atomic E-state index is 9.98. The molecule has 0 unspecified atom stereocenters. The monoisotopic (exact) mass is 464 g/mol. The number of hydrogen-bond donors (Lipinski definition) is 10. The van der Waals surface area contributed by atoms with Crippen LogP contribution in [-0.2, 0) is 26.7 Å². The Morgan fingerprint density at radius 2 is 0.821 bits per heavy atom. The Morgan fingerprint density at radius 1 is 0.607 bits per heavy atom. The van der Waals surface area contributed by atoms with Crippen molar-refractivity contribution < 1.29 is 93.4 Å². The summed E-state index contributed by atoms with van der Waals surface area (Å²) in [6, 6.07) is 0. The molecule has 0 spiro atoms. The number of aliphatic hydroxyl groups excluding tert-OH is 10. The van der Waals surface area contributed by atoms with Gasteiger partial charge in [0.15, 0.2) is 0 Å². The summed E-state index contributed by atoms with van der Waals surface area (Å²) in [5.74, 6) is -3.95. The summed E-state index contributed by atoms with van der Waals surface area (Å²) in [4.78, 5) is 20.0. The van der Waals surface area contributed by atoms with E-state index in [1.807, 2.05) is 0 Å². The van der Waals surface area contributed by atoms with E-state index in [0.29, 0.717) is 0 Å². The summed E-state index contributed by atoms with van der Waals surface area (Å²) in [5.41, 5.74) is 0. The predicted octanol–water partition coefficient (Wildman–Crippen LogP) is -10.5. The van der Waals surface area contributed by atoms with E-state index in [9.17, 15) is 19.8 Å². The zero-order valence-electron chi connectivity index (χ0n) is 14.0. The maximum atomic E-state index is 9.98. The van der Waals surface area contributed by atoms with Crippen LogP contribution < -0.4 is 10.2 Å². The molecule has 0 radical (unpaired) electrons. The SMILES string of the molecule is O.O=C([O-])[C@H](O)[C@@H](O)[C@H](O)[C@H](O)CO.O=C([O-])[C@H](O)[C@@H](O)[C@H](O)[C@H](O)CO.[Fe+2]. The van der Waals surface area contributed by atoms with Crippen molar-refractivity contribution in [2.24, 2.45) is 0 Å². The van der Waals surface area contributed by atoms with E-state index in [2.05, 4.69) is 0 Å². The molecule has 28 heavy (non-hydrogen) atoms. The second kappa shape index (κ2) is 16.9. The molecule has 0 aliphatic heterocycles. The minimum atomic E-state index is -2.31. The molecule has 16 heteroatoms. The van der Waals surface area contributed by atoms with Gasteiger partial charge in [0.25, 0.3) is 0 Å². The molecule has 0 aromatic heterocycles. The number of rotatable bonds is 10. The van der Waals surface area contributed by atoms with Gasteiger partial charge in [0.1, 0.15) is 48.8 Å². The molecule has 15 nitrogen and oxygen atoms in total. The molecule has 0 aliphatic carbocycles. The van der Waals surface area contributed by atoms with Crippen molar-refractivity contribution in [1.29, 1.82) is 0 Å². The second-order valence-corrected chi connectivity index (χ2v) is 4.99. The van der Waals surface area contributed by atoms with Crippen LogP contribution in [-0.4, -0.2) is 131 Å². The van der Waals surface area contributed by atoms with Gasteiger partial charge in [0, 0.05) is 0 Å². The molecule has 0 aromatic carbocycles. The van der Waals surface area contributed by atoms with Crippen molar-refractivity contribution in [3.63, 3.8) is 0 Å². The predicted molar refractivity (Wildman–Crippen MR) is 75.9 cm³/mol. The van der Waals surface area contributed by atoms with Crippen LogP contribution in [0.2, 0.25) is 0 Å². The van der Waals surface area contributed by atoms with Crippen molar-refractivity contribution in [3.05, 3.63) is 0 Å². The summed E-state index contributed by atoms with van der Waals surface area (Å²) in [5, 5.41) is 107. The van der Waals surface area contributed by atoms with Crippen molar-refractivity contribution >= 4 is 11.9 Å². The normalized spacial score (nSPS) is 18.9. The molecule has 0 heterocycles. The first-order chi connectivity index (χ1) is 11.8. The van der Waals surface area contributed by atoms with Crippen molar-refractivity contribution in [2.45, 2.75) is 48.8 Å². The Kier molecular flexibility index (Phi) is 20.9. The average Bonchev–Trinajstić information content (AvgIpc) is 2.62. The molecule has 0 amide bonds. The number of carbonyl (C=O) groups is 2. The third-order valence-corrected chi connectivity index (χ3v) is 2.99. The smallest absolute Gasteiger partial charge is 0.547 e. The summed E-state index contributed by atoms with van der Waals surface area (Å²) in [6.45, 7) is -1.73. The molecule has 0 saturated heterocycles. The van der Waals surface area contributed by atoms with Crippen LogP contribution in [0.5, 0.6) is 0 Å². The number of carboxylic acids is 2. The molecular weight excluding hydrogens is 440 g/mol. The number of carboxylic acid groups (broad SMARTS) is 2. The Labute approximate surface area is 168 Å². The molecule has 8 atom stereocenters. The van der Waals surface area contributed by atoms with E-state index in [4.69, 9.17) is 51.1 Å². The van der Waals surface area contributed by atoms with Crippen LogP contribution in [0.1, 0.15) is 0 Å². The van der Waals surface area contributed by atoms with E-state index < -0.39 is 74.0 Å². The van der Waals surface area contributed by atoms with Crippen LogP contribution >= 0.6 is 0 Å². The van der Waals surface area contributed by atoms with Crippen LogP contribution in [0, 0.1) is 0 Å². The number of hydrogen-bond acceptors (Lipinski definition) is 14. The van der Waals surface area contributed by atoms with Gasteiger partial charge in [-0.3, -0.25) is 0 Å². The molecule has 0 bridgehead atoms. The molecule has 0 aromatic rings. The van der Waals surface area contributed by atoms with Crippen molar-refractivity contribution in [1.82, 2.24) is 0 Å². The standard InChI is InChI=1S/2C6H12O7.Fe.H2O/c2*7-1-2(8)3(9)4(10)5(11)6(12)13;;/h2*2-5,7-11H,1H2,(H,12,13);;1H2/q;;+2;/p-2/t2*2-,3-,4+,5-;;/m11../s1.